The Hall–Kier alpha value is -0.120. The fourth-order valence-corrected chi connectivity index (χ4v) is 1.37. The predicted octanol–water partition coefficient (Wildman–Crippen LogP) is 1.41. The summed E-state index contributed by atoms with van der Waals surface area (Å²) in [6.07, 6.45) is 2.08. The molecule has 14 heavy (non-hydrogen) atoms. The zero-order chi connectivity index (χ0) is 10.8. The van der Waals surface area contributed by atoms with E-state index in [9.17, 15) is 0 Å². The molecule has 3 heteroatoms. The van der Waals surface area contributed by atoms with E-state index in [0.717, 1.165) is 32.6 Å². The van der Waals surface area contributed by atoms with Gasteiger partial charge in [-0.2, -0.15) is 0 Å². The van der Waals surface area contributed by atoms with E-state index in [2.05, 4.69) is 26.1 Å². The minimum absolute atomic E-state index is 0.214. The minimum atomic E-state index is 0.214. The first-order valence-electron chi connectivity index (χ1n) is 5.62. The average molecular weight is 203 g/mol. The highest BCUT2D eigenvalue weighted by Crippen LogP contribution is 2.03. The fraction of sp³-hybridized carbons (Fsp3) is 1.00. The Morgan fingerprint density at radius 1 is 1.29 bits per heavy atom. The molecule has 0 heterocycles. The number of nitrogens with one attached hydrogen (secondary N) is 1. The summed E-state index contributed by atoms with van der Waals surface area (Å²) in [7, 11) is 0. The standard InChI is InChI=1S/C11H25NO2/c1-4-6-14-7-5-12-11(9-13)8-10(2)3/h10-13H,4-9H2,1-3H3. The van der Waals surface area contributed by atoms with Crippen molar-refractivity contribution in [1.29, 1.82) is 0 Å². The maximum Gasteiger partial charge on any atom is 0.0591 e. The van der Waals surface area contributed by atoms with Gasteiger partial charge in [-0.1, -0.05) is 20.8 Å². The van der Waals surface area contributed by atoms with Crippen LogP contribution in [0.3, 0.4) is 0 Å². The van der Waals surface area contributed by atoms with Crippen molar-refractivity contribution >= 4 is 0 Å². The van der Waals surface area contributed by atoms with E-state index >= 15 is 0 Å². The molecule has 0 aliphatic heterocycles. The maximum absolute atomic E-state index is 9.07. The van der Waals surface area contributed by atoms with Crippen molar-refractivity contribution in [3.05, 3.63) is 0 Å². The van der Waals surface area contributed by atoms with Crippen molar-refractivity contribution in [2.45, 2.75) is 39.7 Å². The van der Waals surface area contributed by atoms with Crippen molar-refractivity contribution in [2.24, 2.45) is 5.92 Å². The smallest absolute Gasteiger partial charge is 0.0591 e. The van der Waals surface area contributed by atoms with Crippen LogP contribution < -0.4 is 5.32 Å². The Balaban J connectivity index is 3.33. The van der Waals surface area contributed by atoms with Crippen LogP contribution in [0.5, 0.6) is 0 Å². The topological polar surface area (TPSA) is 41.5 Å². The summed E-state index contributed by atoms with van der Waals surface area (Å²) in [5.74, 6) is 0.621. The van der Waals surface area contributed by atoms with Crippen LogP contribution in [0.4, 0.5) is 0 Å². The van der Waals surface area contributed by atoms with Crippen LogP contribution >= 0.6 is 0 Å². The number of aliphatic hydroxyl groups is 1. The molecular formula is C11H25NO2. The minimum Gasteiger partial charge on any atom is -0.395 e. The number of aliphatic hydroxyl groups excluding tert-OH is 1. The van der Waals surface area contributed by atoms with E-state index < -0.39 is 0 Å². The van der Waals surface area contributed by atoms with E-state index in [-0.39, 0.29) is 12.6 Å². The van der Waals surface area contributed by atoms with Gasteiger partial charge in [0.1, 0.15) is 0 Å². The van der Waals surface area contributed by atoms with Crippen LogP contribution in [0.15, 0.2) is 0 Å². The lowest BCUT2D eigenvalue weighted by Gasteiger charge is -2.18. The average Bonchev–Trinajstić information content (AvgIpc) is 2.15. The van der Waals surface area contributed by atoms with Crippen LogP contribution in [-0.4, -0.2) is 37.5 Å². The fourth-order valence-electron chi connectivity index (χ4n) is 1.37. The summed E-state index contributed by atoms with van der Waals surface area (Å²) in [5.41, 5.74) is 0. The van der Waals surface area contributed by atoms with Gasteiger partial charge < -0.3 is 15.2 Å². The van der Waals surface area contributed by atoms with Crippen molar-refractivity contribution in [2.75, 3.05) is 26.4 Å². The summed E-state index contributed by atoms with van der Waals surface area (Å²) in [6.45, 7) is 9.04. The number of hydrogen-bond acceptors (Lipinski definition) is 3. The van der Waals surface area contributed by atoms with Crippen molar-refractivity contribution in [1.82, 2.24) is 5.32 Å². The quantitative estimate of drug-likeness (QED) is 0.557. The molecule has 0 radical (unpaired) electrons. The number of ether oxygens (including phenoxy) is 1. The van der Waals surface area contributed by atoms with Crippen LogP contribution in [0.1, 0.15) is 33.6 Å². The molecule has 0 rings (SSSR count). The van der Waals surface area contributed by atoms with Gasteiger partial charge >= 0.3 is 0 Å². The van der Waals surface area contributed by atoms with Gasteiger partial charge in [0.05, 0.1) is 13.2 Å². The molecule has 0 saturated heterocycles. The molecule has 0 aromatic rings. The molecule has 0 fully saturated rings. The molecule has 0 saturated carbocycles. The SMILES string of the molecule is CCCOCCNC(CO)CC(C)C. The van der Waals surface area contributed by atoms with E-state index in [1.807, 2.05) is 0 Å². The Labute approximate surface area is 87.8 Å². The van der Waals surface area contributed by atoms with Gasteiger partial charge in [0, 0.05) is 19.2 Å². The molecule has 0 spiro atoms. The summed E-state index contributed by atoms with van der Waals surface area (Å²) in [4.78, 5) is 0. The summed E-state index contributed by atoms with van der Waals surface area (Å²) in [5, 5.41) is 12.4. The molecule has 0 aliphatic carbocycles. The molecule has 0 bridgehead atoms. The Bertz CT molecular complexity index is 118. The molecule has 3 nitrogen and oxygen atoms in total. The highest BCUT2D eigenvalue weighted by Gasteiger charge is 2.07. The Morgan fingerprint density at radius 2 is 2.00 bits per heavy atom. The second-order valence-electron chi connectivity index (χ2n) is 4.08. The first kappa shape index (κ1) is 13.9. The largest absolute Gasteiger partial charge is 0.395 e. The molecular weight excluding hydrogens is 178 g/mol. The van der Waals surface area contributed by atoms with Crippen LogP contribution in [0.25, 0.3) is 0 Å². The van der Waals surface area contributed by atoms with Gasteiger partial charge in [0.25, 0.3) is 0 Å². The van der Waals surface area contributed by atoms with Crippen molar-refractivity contribution in [3.8, 4) is 0 Å². The summed E-state index contributed by atoms with van der Waals surface area (Å²) in [6, 6.07) is 0.222. The van der Waals surface area contributed by atoms with Gasteiger partial charge in [-0.05, 0) is 18.8 Å². The van der Waals surface area contributed by atoms with E-state index in [4.69, 9.17) is 9.84 Å². The lowest BCUT2D eigenvalue weighted by Crippen LogP contribution is -2.36. The molecule has 2 N–H and O–H groups in total. The van der Waals surface area contributed by atoms with Gasteiger partial charge in [0.15, 0.2) is 0 Å². The number of hydrogen-bond donors (Lipinski definition) is 2. The highest BCUT2D eigenvalue weighted by atomic mass is 16.5. The zero-order valence-corrected chi connectivity index (χ0v) is 9.75. The summed E-state index contributed by atoms with van der Waals surface area (Å²) < 4.78 is 5.34. The van der Waals surface area contributed by atoms with Crippen LogP contribution in [-0.2, 0) is 4.74 Å². The van der Waals surface area contributed by atoms with Crippen molar-refractivity contribution < 1.29 is 9.84 Å². The first-order valence-corrected chi connectivity index (χ1v) is 5.62. The second kappa shape index (κ2) is 9.44. The van der Waals surface area contributed by atoms with Gasteiger partial charge in [-0.15, -0.1) is 0 Å². The lowest BCUT2D eigenvalue weighted by molar-refractivity contribution is 0.128. The van der Waals surface area contributed by atoms with Crippen LogP contribution in [0, 0.1) is 5.92 Å². The molecule has 1 unspecified atom stereocenters. The molecule has 0 amide bonds. The second-order valence-corrected chi connectivity index (χ2v) is 4.08. The predicted molar refractivity (Wildman–Crippen MR) is 59.4 cm³/mol. The van der Waals surface area contributed by atoms with Crippen molar-refractivity contribution in [3.63, 3.8) is 0 Å². The third kappa shape index (κ3) is 8.48. The maximum atomic E-state index is 9.07. The van der Waals surface area contributed by atoms with Gasteiger partial charge in [-0.3, -0.25) is 0 Å². The zero-order valence-electron chi connectivity index (χ0n) is 9.75. The molecule has 86 valence electrons. The summed E-state index contributed by atoms with van der Waals surface area (Å²) >= 11 is 0. The molecule has 0 aromatic carbocycles. The van der Waals surface area contributed by atoms with Gasteiger partial charge in [-0.25, -0.2) is 0 Å². The van der Waals surface area contributed by atoms with E-state index in [1.54, 1.807) is 0 Å². The first-order chi connectivity index (χ1) is 6.70. The molecule has 0 aliphatic rings. The third-order valence-corrected chi connectivity index (χ3v) is 2.00. The Kier molecular flexibility index (Phi) is 9.35. The van der Waals surface area contributed by atoms with E-state index in [0.29, 0.717) is 5.92 Å². The Morgan fingerprint density at radius 3 is 2.50 bits per heavy atom. The van der Waals surface area contributed by atoms with E-state index in [1.165, 1.54) is 0 Å². The third-order valence-electron chi connectivity index (χ3n) is 2.00. The van der Waals surface area contributed by atoms with Gasteiger partial charge in [0.2, 0.25) is 0 Å². The highest BCUT2D eigenvalue weighted by molar-refractivity contribution is 4.66. The molecule has 1 atom stereocenters. The lowest BCUT2D eigenvalue weighted by atomic mass is 10.0. The monoisotopic (exact) mass is 203 g/mol. The van der Waals surface area contributed by atoms with Crippen LogP contribution in [0.2, 0.25) is 0 Å². The molecule has 0 aromatic heterocycles. The number of rotatable bonds is 9. The normalized spacial score (nSPS) is 13.5.